The average Bonchev–Trinajstić information content (AvgIpc) is 2.67. The van der Waals surface area contributed by atoms with Gasteiger partial charge in [0.15, 0.2) is 0 Å². The molecule has 0 fully saturated rings. The van der Waals surface area contributed by atoms with Gasteiger partial charge in [0.25, 0.3) is 0 Å². The molecule has 0 nitrogen and oxygen atoms in total. The van der Waals surface area contributed by atoms with Crippen LogP contribution < -0.4 is 0 Å². The lowest BCUT2D eigenvalue weighted by atomic mass is 10.7. The van der Waals surface area contributed by atoms with Crippen LogP contribution in [-0.2, 0) is 0 Å². The average molecular weight is 167 g/mol. The molecule has 10 heavy (non-hydrogen) atoms. The molecular weight excluding hydrogens is 160 g/mol. The van der Waals surface area contributed by atoms with Gasteiger partial charge in [0.2, 0.25) is 0 Å². The van der Waals surface area contributed by atoms with Gasteiger partial charge in [-0.15, -0.1) is 11.3 Å². The molecule has 0 spiro atoms. The SMILES string of the molecule is [c]1cccs1.c1ccsc1. The molecule has 2 aromatic rings. The van der Waals surface area contributed by atoms with Gasteiger partial charge >= 0.3 is 0 Å². The highest BCUT2D eigenvalue weighted by atomic mass is 32.1. The molecule has 0 N–H and O–H groups in total. The van der Waals surface area contributed by atoms with E-state index in [4.69, 9.17) is 0 Å². The Morgan fingerprint density at radius 3 is 1.90 bits per heavy atom. The maximum atomic E-state index is 2.90. The van der Waals surface area contributed by atoms with Gasteiger partial charge in [-0.2, -0.15) is 11.3 Å². The quantitative estimate of drug-likeness (QED) is 0.565. The standard InChI is InChI=1S/C4H4S.C4H3S/c2*1-2-4-5-3-1/h1-4H;1-3H. The van der Waals surface area contributed by atoms with Crippen molar-refractivity contribution in [3.05, 3.63) is 45.8 Å². The Morgan fingerprint density at radius 2 is 1.70 bits per heavy atom. The van der Waals surface area contributed by atoms with E-state index in [1.807, 2.05) is 40.4 Å². The molecule has 1 radical (unpaired) electrons. The van der Waals surface area contributed by atoms with Gasteiger partial charge in [0, 0.05) is 5.38 Å². The van der Waals surface area contributed by atoms with E-state index < -0.39 is 0 Å². The molecule has 0 amide bonds. The maximum absolute atomic E-state index is 2.90. The molecule has 0 aliphatic carbocycles. The van der Waals surface area contributed by atoms with E-state index in [-0.39, 0.29) is 0 Å². The molecule has 0 aromatic carbocycles. The molecule has 0 aliphatic rings. The Morgan fingerprint density at radius 1 is 0.900 bits per heavy atom. The summed E-state index contributed by atoms with van der Waals surface area (Å²) in [6.45, 7) is 0. The minimum absolute atomic E-state index is 1.59. The van der Waals surface area contributed by atoms with Crippen molar-refractivity contribution in [2.45, 2.75) is 0 Å². The molecule has 0 unspecified atom stereocenters. The summed E-state index contributed by atoms with van der Waals surface area (Å²) < 4.78 is 0. The lowest BCUT2D eigenvalue weighted by molar-refractivity contribution is 2.01. The topological polar surface area (TPSA) is 0 Å². The van der Waals surface area contributed by atoms with E-state index in [1.54, 1.807) is 22.7 Å². The van der Waals surface area contributed by atoms with Gasteiger partial charge in [-0.3, -0.25) is 0 Å². The fourth-order valence-corrected chi connectivity index (χ4v) is 1.27. The first-order valence-corrected chi connectivity index (χ1v) is 4.69. The highest BCUT2D eigenvalue weighted by molar-refractivity contribution is 7.07. The smallest absolute Gasteiger partial charge is 0.0442 e. The van der Waals surface area contributed by atoms with Gasteiger partial charge < -0.3 is 0 Å². The van der Waals surface area contributed by atoms with Crippen molar-refractivity contribution >= 4 is 22.7 Å². The molecule has 2 rings (SSSR count). The molecule has 0 atom stereocenters. The minimum Gasteiger partial charge on any atom is -0.152 e. The third kappa shape index (κ3) is 3.43. The highest BCUT2D eigenvalue weighted by Crippen LogP contribution is 1.91. The second-order valence-electron chi connectivity index (χ2n) is 1.52. The van der Waals surface area contributed by atoms with Crippen LogP contribution in [0.1, 0.15) is 0 Å². The summed E-state index contributed by atoms with van der Waals surface area (Å²) in [6.07, 6.45) is 0. The van der Waals surface area contributed by atoms with Gasteiger partial charge in [-0.1, -0.05) is 18.2 Å². The van der Waals surface area contributed by atoms with E-state index in [9.17, 15) is 0 Å². The van der Waals surface area contributed by atoms with Crippen molar-refractivity contribution in [2.75, 3.05) is 0 Å². The normalized spacial score (nSPS) is 8.00. The maximum Gasteiger partial charge on any atom is 0.0442 e. The summed E-state index contributed by atoms with van der Waals surface area (Å²) in [5.74, 6) is 0. The van der Waals surface area contributed by atoms with E-state index in [1.165, 1.54) is 0 Å². The predicted molar refractivity (Wildman–Crippen MR) is 47.5 cm³/mol. The largest absolute Gasteiger partial charge is 0.152 e. The second kappa shape index (κ2) is 5.21. The molecule has 2 heterocycles. The lowest BCUT2D eigenvalue weighted by Gasteiger charge is -1.39. The van der Waals surface area contributed by atoms with Crippen LogP contribution in [0.4, 0.5) is 0 Å². The van der Waals surface area contributed by atoms with E-state index in [0.717, 1.165) is 0 Å². The summed E-state index contributed by atoms with van der Waals surface area (Å²) in [5, 5.41) is 8.97. The van der Waals surface area contributed by atoms with Crippen LogP contribution in [0.2, 0.25) is 0 Å². The van der Waals surface area contributed by atoms with Crippen molar-refractivity contribution < 1.29 is 0 Å². The van der Waals surface area contributed by atoms with Crippen LogP contribution in [0.15, 0.2) is 40.4 Å². The third-order valence-electron chi connectivity index (χ3n) is 0.804. The van der Waals surface area contributed by atoms with Crippen LogP contribution in [0, 0.1) is 5.38 Å². The van der Waals surface area contributed by atoms with Gasteiger partial charge in [-0.25, -0.2) is 0 Å². The summed E-state index contributed by atoms with van der Waals surface area (Å²) >= 11 is 3.30. The fourth-order valence-electron chi connectivity index (χ4n) is 0.423. The van der Waals surface area contributed by atoms with Crippen LogP contribution in [0.5, 0.6) is 0 Å². The van der Waals surface area contributed by atoms with Gasteiger partial charge in [-0.05, 0) is 22.2 Å². The van der Waals surface area contributed by atoms with Gasteiger partial charge in [0.05, 0.1) is 0 Å². The van der Waals surface area contributed by atoms with Crippen LogP contribution in [-0.4, -0.2) is 0 Å². The zero-order valence-electron chi connectivity index (χ0n) is 5.36. The fraction of sp³-hybridized carbons (Fsp3) is 0. The van der Waals surface area contributed by atoms with Crippen LogP contribution in [0.3, 0.4) is 0 Å². The number of hydrogen-bond acceptors (Lipinski definition) is 2. The summed E-state index contributed by atoms with van der Waals surface area (Å²) in [5.41, 5.74) is 0. The number of hydrogen-bond donors (Lipinski definition) is 0. The number of rotatable bonds is 0. The van der Waals surface area contributed by atoms with E-state index in [0.29, 0.717) is 0 Å². The first-order valence-electron chi connectivity index (χ1n) is 2.87. The van der Waals surface area contributed by atoms with Crippen molar-refractivity contribution in [1.29, 1.82) is 0 Å². The molecule has 0 saturated heterocycles. The monoisotopic (exact) mass is 167 g/mol. The van der Waals surface area contributed by atoms with Gasteiger partial charge in [0.1, 0.15) is 0 Å². The highest BCUT2D eigenvalue weighted by Gasteiger charge is 1.60. The summed E-state index contributed by atoms with van der Waals surface area (Å²) in [6, 6.07) is 7.89. The molecule has 0 saturated carbocycles. The summed E-state index contributed by atoms with van der Waals surface area (Å²) in [4.78, 5) is 0. The van der Waals surface area contributed by atoms with Crippen LogP contribution in [0.25, 0.3) is 0 Å². The zero-order chi connectivity index (χ0) is 7.07. The van der Waals surface area contributed by atoms with Crippen molar-refractivity contribution in [2.24, 2.45) is 0 Å². The molecule has 51 valence electrons. The Hall–Kier alpha value is -0.600. The van der Waals surface area contributed by atoms with E-state index in [2.05, 4.69) is 5.38 Å². The minimum atomic E-state index is 1.59. The number of thiophene rings is 2. The lowest BCUT2D eigenvalue weighted by Crippen LogP contribution is -1.17. The Kier molecular flexibility index (Phi) is 3.91. The van der Waals surface area contributed by atoms with E-state index >= 15 is 0 Å². The van der Waals surface area contributed by atoms with Crippen molar-refractivity contribution in [3.63, 3.8) is 0 Å². The molecule has 2 heteroatoms. The van der Waals surface area contributed by atoms with Crippen molar-refractivity contribution in [1.82, 2.24) is 0 Å². The molecular formula is C8H7S2. The Labute approximate surface area is 68.8 Å². The van der Waals surface area contributed by atoms with Crippen molar-refractivity contribution in [3.8, 4) is 0 Å². The predicted octanol–water partition coefficient (Wildman–Crippen LogP) is 3.30. The Bertz CT molecular complexity index is 146. The first kappa shape index (κ1) is 7.51. The Balaban J connectivity index is 0.0000001000. The second-order valence-corrected chi connectivity index (χ2v) is 3.08. The third-order valence-corrected chi connectivity index (χ3v) is 2.00. The first-order chi connectivity index (χ1) is 5.00. The van der Waals surface area contributed by atoms with Crippen LogP contribution >= 0.6 is 22.7 Å². The molecule has 0 bridgehead atoms. The zero-order valence-corrected chi connectivity index (χ0v) is 6.99. The molecule has 2 aromatic heterocycles. The summed E-state index contributed by atoms with van der Waals surface area (Å²) in [7, 11) is 0. The molecule has 0 aliphatic heterocycles.